The normalized spacial score (nSPS) is 12.5. The lowest BCUT2D eigenvalue weighted by Gasteiger charge is -2.15. The van der Waals surface area contributed by atoms with Crippen molar-refractivity contribution in [3.05, 3.63) is 52.5 Å². The van der Waals surface area contributed by atoms with Crippen LogP contribution in [0.5, 0.6) is 5.75 Å². The molecule has 0 saturated heterocycles. The van der Waals surface area contributed by atoms with Gasteiger partial charge in [-0.05, 0) is 49.4 Å². The van der Waals surface area contributed by atoms with Crippen LogP contribution in [0.15, 0.2) is 47.4 Å². The fourth-order valence-electron chi connectivity index (χ4n) is 1.94. The van der Waals surface area contributed by atoms with Gasteiger partial charge in [-0.3, -0.25) is 4.79 Å². The molecule has 2 N–H and O–H groups in total. The number of sulfonamides is 1. The van der Waals surface area contributed by atoms with Crippen molar-refractivity contribution in [2.45, 2.75) is 17.9 Å². The van der Waals surface area contributed by atoms with E-state index in [0.717, 1.165) is 0 Å². The molecule has 6 nitrogen and oxygen atoms in total. The summed E-state index contributed by atoms with van der Waals surface area (Å²) in [6, 6.07) is 9.38. The first-order chi connectivity index (χ1) is 11.7. The van der Waals surface area contributed by atoms with Crippen molar-refractivity contribution in [2.24, 2.45) is 0 Å². The average molecular weight is 403 g/mol. The molecule has 1 atom stereocenters. The molecule has 0 unspecified atom stereocenters. The number of nitrogens with one attached hydrogen (secondary N) is 2. The van der Waals surface area contributed by atoms with Crippen molar-refractivity contribution in [1.29, 1.82) is 0 Å². The number of carbonyl (C=O) groups is 1. The second-order valence-corrected chi connectivity index (χ2v) is 7.69. The number of rotatable bonds is 6. The molecule has 0 radical (unpaired) electrons. The minimum atomic E-state index is -3.86. The highest BCUT2D eigenvalue weighted by atomic mass is 35.5. The Hall–Kier alpha value is -1.80. The molecule has 0 heterocycles. The summed E-state index contributed by atoms with van der Waals surface area (Å²) in [6.07, 6.45) is 0. The topological polar surface area (TPSA) is 84.5 Å². The highest BCUT2D eigenvalue weighted by Gasteiger charge is 2.22. The van der Waals surface area contributed by atoms with Gasteiger partial charge in [0.15, 0.2) is 0 Å². The lowest BCUT2D eigenvalue weighted by molar-refractivity contribution is -0.117. The van der Waals surface area contributed by atoms with Crippen LogP contribution in [0.1, 0.15) is 6.92 Å². The van der Waals surface area contributed by atoms with E-state index in [1.54, 1.807) is 6.07 Å². The van der Waals surface area contributed by atoms with Crippen LogP contribution in [0.25, 0.3) is 0 Å². The SMILES string of the molecule is COc1ccc(S(=O)(=O)N[C@H](C)C(=O)Nc2ccc(Cl)cc2Cl)cc1. The molecule has 134 valence electrons. The fraction of sp³-hybridized carbons (Fsp3) is 0.188. The average Bonchev–Trinajstić information content (AvgIpc) is 2.57. The Labute approximate surface area is 156 Å². The van der Waals surface area contributed by atoms with Gasteiger partial charge in [0.25, 0.3) is 0 Å². The van der Waals surface area contributed by atoms with Crippen molar-refractivity contribution in [3.63, 3.8) is 0 Å². The standard InChI is InChI=1S/C16H16Cl2N2O4S/c1-10(16(21)19-15-8-3-11(17)9-14(15)18)20-25(22,23)13-6-4-12(24-2)5-7-13/h3-10,20H,1-2H3,(H,19,21)/t10-/m1/s1. The Morgan fingerprint density at radius 3 is 2.32 bits per heavy atom. The Morgan fingerprint density at radius 1 is 1.12 bits per heavy atom. The van der Waals surface area contributed by atoms with Crippen LogP contribution in [0, 0.1) is 0 Å². The van der Waals surface area contributed by atoms with Gasteiger partial charge in [0.2, 0.25) is 15.9 Å². The van der Waals surface area contributed by atoms with E-state index < -0.39 is 22.0 Å². The Morgan fingerprint density at radius 2 is 1.76 bits per heavy atom. The molecule has 0 aliphatic rings. The van der Waals surface area contributed by atoms with Crippen molar-refractivity contribution >= 4 is 44.8 Å². The maximum absolute atomic E-state index is 12.3. The van der Waals surface area contributed by atoms with Gasteiger partial charge in [-0.2, -0.15) is 4.72 Å². The summed E-state index contributed by atoms with van der Waals surface area (Å²) in [4.78, 5) is 12.2. The van der Waals surface area contributed by atoms with Crippen molar-refractivity contribution in [3.8, 4) is 5.75 Å². The van der Waals surface area contributed by atoms with Gasteiger partial charge in [-0.15, -0.1) is 0 Å². The largest absolute Gasteiger partial charge is 0.497 e. The van der Waals surface area contributed by atoms with Gasteiger partial charge in [-0.1, -0.05) is 23.2 Å². The summed E-state index contributed by atoms with van der Waals surface area (Å²) in [5.41, 5.74) is 0.339. The maximum atomic E-state index is 12.3. The van der Waals surface area contributed by atoms with Gasteiger partial charge >= 0.3 is 0 Å². The summed E-state index contributed by atoms with van der Waals surface area (Å²) in [6.45, 7) is 1.43. The number of benzene rings is 2. The Balaban J connectivity index is 2.08. The van der Waals surface area contributed by atoms with Crippen LogP contribution in [-0.2, 0) is 14.8 Å². The van der Waals surface area contributed by atoms with Crippen LogP contribution >= 0.6 is 23.2 Å². The summed E-state index contributed by atoms with van der Waals surface area (Å²) < 4.78 is 32.0. The van der Waals surface area contributed by atoms with E-state index in [4.69, 9.17) is 27.9 Å². The second-order valence-electron chi connectivity index (χ2n) is 5.13. The van der Waals surface area contributed by atoms with Gasteiger partial charge in [0.1, 0.15) is 5.75 Å². The number of halogens is 2. The smallest absolute Gasteiger partial charge is 0.242 e. The highest BCUT2D eigenvalue weighted by molar-refractivity contribution is 7.89. The Bertz CT molecular complexity index is 870. The minimum Gasteiger partial charge on any atom is -0.497 e. The first-order valence-electron chi connectivity index (χ1n) is 7.15. The molecule has 9 heteroatoms. The van der Waals surface area contributed by atoms with E-state index in [9.17, 15) is 13.2 Å². The third-order valence-corrected chi connectivity index (χ3v) is 5.39. The van der Waals surface area contributed by atoms with Crippen molar-refractivity contribution < 1.29 is 17.9 Å². The summed E-state index contributed by atoms with van der Waals surface area (Å²) in [5, 5.41) is 3.24. The zero-order valence-corrected chi connectivity index (χ0v) is 15.7. The molecule has 25 heavy (non-hydrogen) atoms. The zero-order chi connectivity index (χ0) is 18.6. The lowest BCUT2D eigenvalue weighted by Crippen LogP contribution is -2.41. The van der Waals surface area contributed by atoms with Crippen LogP contribution in [-0.4, -0.2) is 27.5 Å². The van der Waals surface area contributed by atoms with E-state index >= 15 is 0 Å². The zero-order valence-electron chi connectivity index (χ0n) is 13.4. The van der Waals surface area contributed by atoms with E-state index in [0.29, 0.717) is 16.5 Å². The quantitative estimate of drug-likeness (QED) is 0.775. The minimum absolute atomic E-state index is 0.0254. The molecule has 1 amide bonds. The monoisotopic (exact) mass is 402 g/mol. The van der Waals surface area contributed by atoms with Crippen molar-refractivity contribution in [1.82, 2.24) is 4.72 Å². The lowest BCUT2D eigenvalue weighted by atomic mass is 10.3. The van der Waals surface area contributed by atoms with E-state index in [1.165, 1.54) is 50.4 Å². The van der Waals surface area contributed by atoms with Crippen LogP contribution < -0.4 is 14.8 Å². The summed E-state index contributed by atoms with van der Waals surface area (Å²) in [5.74, 6) is -0.0246. The van der Waals surface area contributed by atoms with E-state index in [1.807, 2.05) is 0 Å². The van der Waals surface area contributed by atoms with Crippen molar-refractivity contribution in [2.75, 3.05) is 12.4 Å². The summed E-state index contributed by atoms with van der Waals surface area (Å²) >= 11 is 11.8. The molecular weight excluding hydrogens is 387 g/mol. The van der Waals surface area contributed by atoms with Crippen LogP contribution in [0.3, 0.4) is 0 Å². The van der Waals surface area contributed by atoms with Gasteiger partial charge in [0.05, 0.1) is 28.8 Å². The van der Waals surface area contributed by atoms with Crippen LogP contribution in [0.4, 0.5) is 5.69 Å². The molecule has 0 aliphatic heterocycles. The number of amides is 1. The summed E-state index contributed by atoms with van der Waals surface area (Å²) in [7, 11) is -2.38. The predicted octanol–water partition coefficient (Wildman–Crippen LogP) is 3.31. The van der Waals surface area contributed by atoms with Crippen LogP contribution in [0.2, 0.25) is 10.0 Å². The van der Waals surface area contributed by atoms with Gasteiger partial charge in [-0.25, -0.2) is 8.42 Å². The molecule has 2 aromatic carbocycles. The van der Waals surface area contributed by atoms with Gasteiger partial charge < -0.3 is 10.1 Å². The fourth-order valence-corrected chi connectivity index (χ4v) is 3.60. The first-order valence-corrected chi connectivity index (χ1v) is 9.39. The first kappa shape index (κ1) is 19.5. The molecule has 2 rings (SSSR count). The molecule has 0 fully saturated rings. The number of hydrogen-bond donors (Lipinski definition) is 2. The third-order valence-electron chi connectivity index (χ3n) is 3.28. The molecular formula is C16H16Cl2N2O4S. The molecule has 0 aromatic heterocycles. The molecule has 0 aliphatic carbocycles. The maximum Gasteiger partial charge on any atom is 0.242 e. The third kappa shape index (κ3) is 5.09. The number of hydrogen-bond acceptors (Lipinski definition) is 4. The molecule has 0 bridgehead atoms. The molecule has 0 spiro atoms. The number of anilines is 1. The number of carbonyl (C=O) groups excluding carboxylic acids is 1. The number of ether oxygens (including phenoxy) is 1. The van der Waals surface area contributed by atoms with Gasteiger partial charge in [0, 0.05) is 5.02 Å². The van der Waals surface area contributed by atoms with E-state index in [2.05, 4.69) is 10.0 Å². The molecule has 0 saturated carbocycles. The Kier molecular flexibility index (Phi) is 6.29. The second kappa shape index (κ2) is 8.05. The number of methoxy groups -OCH3 is 1. The van der Waals surface area contributed by atoms with E-state index in [-0.39, 0.29) is 9.92 Å². The highest BCUT2D eigenvalue weighted by Crippen LogP contribution is 2.25. The predicted molar refractivity (Wildman–Crippen MR) is 97.9 cm³/mol. The molecule has 2 aromatic rings.